The molecular formula is C13H15NS. The van der Waals surface area contributed by atoms with Gasteiger partial charge in [0.15, 0.2) is 0 Å². The number of rotatable bonds is 1. The van der Waals surface area contributed by atoms with Crippen LogP contribution in [0.5, 0.6) is 0 Å². The average molecular weight is 217 g/mol. The molecule has 2 heteroatoms. The van der Waals surface area contributed by atoms with Gasteiger partial charge in [0.05, 0.1) is 0 Å². The quantitative estimate of drug-likeness (QED) is 0.720. The second kappa shape index (κ2) is 3.70. The molecule has 1 nitrogen and oxygen atoms in total. The van der Waals surface area contributed by atoms with E-state index in [0.29, 0.717) is 0 Å². The van der Waals surface area contributed by atoms with E-state index in [9.17, 15) is 0 Å². The lowest BCUT2D eigenvalue weighted by Gasteiger charge is -2.06. The number of aryl methyl sites for hydroxylation is 3. The Balaban J connectivity index is 2.62. The molecule has 2 rings (SSSR count). The van der Waals surface area contributed by atoms with E-state index in [-0.39, 0.29) is 0 Å². The second-order valence-corrected chi connectivity index (χ2v) is 5.38. The summed E-state index contributed by atoms with van der Waals surface area (Å²) in [4.78, 5) is 2.67. The zero-order valence-electron chi connectivity index (χ0n) is 9.29. The molecule has 2 aromatic rings. The van der Waals surface area contributed by atoms with Gasteiger partial charge in [-0.1, -0.05) is 11.6 Å². The number of hydrogen-bond donors (Lipinski definition) is 1. The van der Waals surface area contributed by atoms with Crippen LogP contribution in [0.1, 0.15) is 15.3 Å². The maximum atomic E-state index is 6.00. The first-order valence-electron chi connectivity index (χ1n) is 5.01. The van der Waals surface area contributed by atoms with Crippen LogP contribution in [0.25, 0.3) is 11.1 Å². The van der Waals surface area contributed by atoms with Gasteiger partial charge in [0.1, 0.15) is 0 Å². The minimum atomic E-state index is 0.863. The molecule has 0 aliphatic heterocycles. The highest BCUT2D eigenvalue weighted by Crippen LogP contribution is 2.34. The van der Waals surface area contributed by atoms with Crippen LogP contribution in [-0.4, -0.2) is 0 Å². The Kier molecular flexibility index (Phi) is 2.53. The van der Waals surface area contributed by atoms with Gasteiger partial charge in [0.25, 0.3) is 0 Å². The van der Waals surface area contributed by atoms with Gasteiger partial charge in [-0.25, -0.2) is 0 Å². The molecule has 0 bridgehead atoms. The van der Waals surface area contributed by atoms with Crippen LogP contribution in [0.2, 0.25) is 0 Å². The van der Waals surface area contributed by atoms with Crippen molar-refractivity contribution in [2.24, 2.45) is 0 Å². The first-order valence-corrected chi connectivity index (χ1v) is 5.83. The maximum absolute atomic E-state index is 6.00. The Morgan fingerprint density at radius 3 is 2.33 bits per heavy atom. The van der Waals surface area contributed by atoms with Crippen molar-refractivity contribution in [2.75, 3.05) is 5.73 Å². The monoisotopic (exact) mass is 217 g/mol. The van der Waals surface area contributed by atoms with E-state index in [1.807, 2.05) is 23.5 Å². The van der Waals surface area contributed by atoms with Crippen molar-refractivity contribution >= 4 is 17.0 Å². The van der Waals surface area contributed by atoms with Crippen LogP contribution < -0.4 is 5.73 Å². The normalized spacial score (nSPS) is 10.6. The standard InChI is InChI=1S/C13H15NS/c1-8-4-5-13(14)12(6-8)11-7-9(2)15-10(11)3/h4-7H,14H2,1-3H3. The van der Waals surface area contributed by atoms with Gasteiger partial charge in [0, 0.05) is 21.0 Å². The molecule has 0 atom stereocenters. The Morgan fingerprint density at radius 1 is 1.00 bits per heavy atom. The van der Waals surface area contributed by atoms with Crippen molar-refractivity contribution in [3.63, 3.8) is 0 Å². The average Bonchev–Trinajstić information content (AvgIpc) is 2.50. The molecule has 0 amide bonds. The fourth-order valence-corrected chi connectivity index (χ4v) is 2.74. The smallest absolute Gasteiger partial charge is 0.0394 e. The molecule has 0 unspecified atom stereocenters. The maximum Gasteiger partial charge on any atom is 0.0394 e. The summed E-state index contributed by atoms with van der Waals surface area (Å²) >= 11 is 1.82. The van der Waals surface area contributed by atoms with Crippen LogP contribution in [-0.2, 0) is 0 Å². The lowest BCUT2D eigenvalue weighted by atomic mass is 10.0. The predicted molar refractivity (Wildman–Crippen MR) is 68.4 cm³/mol. The Labute approximate surface area is 94.6 Å². The van der Waals surface area contributed by atoms with E-state index in [4.69, 9.17) is 5.73 Å². The Bertz CT molecular complexity index is 497. The zero-order chi connectivity index (χ0) is 11.0. The summed E-state index contributed by atoms with van der Waals surface area (Å²) in [6, 6.07) is 8.40. The van der Waals surface area contributed by atoms with Crippen LogP contribution in [0.15, 0.2) is 24.3 Å². The van der Waals surface area contributed by atoms with Gasteiger partial charge >= 0.3 is 0 Å². The minimum Gasteiger partial charge on any atom is -0.398 e. The molecule has 0 saturated heterocycles. The fourth-order valence-electron chi connectivity index (χ4n) is 1.80. The molecule has 1 aromatic heterocycles. The third-order valence-corrected chi connectivity index (χ3v) is 3.51. The highest BCUT2D eigenvalue weighted by Gasteiger charge is 2.08. The van der Waals surface area contributed by atoms with Gasteiger partial charge in [-0.15, -0.1) is 11.3 Å². The summed E-state index contributed by atoms with van der Waals surface area (Å²) < 4.78 is 0. The molecule has 0 aliphatic carbocycles. The zero-order valence-corrected chi connectivity index (χ0v) is 10.1. The summed E-state index contributed by atoms with van der Waals surface area (Å²) in [6.45, 7) is 6.37. The van der Waals surface area contributed by atoms with Crippen LogP contribution >= 0.6 is 11.3 Å². The molecule has 15 heavy (non-hydrogen) atoms. The molecule has 0 saturated carbocycles. The first kappa shape index (κ1) is 10.2. The van der Waals surface area contributed by atoms with Crippen molar-refractivity contribution in [1.29, 1.82) is 0 Å². The number of nitrogens with two attached hydrogens (primary N) is 1. The molecule has 78 valence electrons. The van der Waals surface area contributed by atoms with Gasteiger partial charge < -0.3 is 5.73 Å². The highest BCUT2D eigenvalue weighted by atomic mass is 32.1. The third-order valence-electron chi connectivity index (χ3n) is 2.54. The van der Waals surface area contributed by atoms with E-state index < -0.39 is 0 Å². The lowest BCUT2D eigenvalue weighted by molar-refractivity contribution is 1.46. The second-order valence-electron chi connectivity index (χ2n) is 3.92. The van der Waals surface area contributed by atoms with Crippen LogP contribution in [0.4, 0.5) is 5.69 Å². The summed E-state index contributed by atoms with van der Waals surface area (Å²) in [6.07, 6.45) is 0. The molecule has 0 fully saturated rings. The molecule has 0 radical (unpaired) electrons. The van der Waals surface area contributed by atoms with E-state index in [0.717, 1.165) is 11.3 Å². The van der Waals surface area contributed by atoms with Crippen molar-refractivity contribution in [1.82, 2.24) is 0 Å². The summed E-state index contributed by atoms with van der Waals surface area (Å²) in [5.74, 6) is 0. The third kappa shape index (κ3) is 1.90. The van der Waals surface area contributed by atoms with Gasteiger partial charge in [-0.05, 0) is 44.5 Å². The van der Waals surface area contributed by atoms with Crippen molar-refractivity contribution < 1.29 is 0 Å². The van der Waals surface area contributed by atoms with E-state index in [1.165, 1.54) is 20.9 Å². The lowest BCUT2D eigenvalue weighted by Crippen LogP contribution is -1.90. The first-order chi connectivity index (χ1) is 7.08. The predicted octanol–water partition coefficient (Wildman–Crippen LogP) is 3.92. The minimum absolute atomic E-state index is 0.863. The largest absolute Gasteiger partial charge is 0.398 e. The fraction of sp³-hybridized carbons (Fsp3) is 0.231. The molecule has 0 spiro atoms. The number of benzene rings is 1. The summed E-state index contributed by atoms with van der Waals surface area (Å²) in [7, 11) is 0. The molecule has 1 heterocycles. The number of thiophene rings is 1. The van der Waals surface area contributed by atoms with Crippen molar-refractivity contribution in [3.05, 3.63) is 39.6 Å². The molecule has 2 N–H and O–H groups in total. The van der Waals surface area contributed by atoms with Gasteiger partial charge in [-0.3, -0.25) is 0 Å². The SMILES string of the molecule is Cc1ccc(N)c(-c2cc(C)sc2C)c1. The molecule has 1 aromatic carbocycles. The van der Waals surface area contributed by atoms with E-state index in [2.05, 4.69) is 32.9 Å². The topological polar surface area (TPSA) is 26.0 Å². The number of nitrogen functional groups attached to an aromatic ring is 1. The van der Waals surface area contributed by atoms with E-state index >= 15 is 0 Å². The summed E-state index contributed by atoms with van der Waals surface area (Å²) in [5, 5.41) is 0. The highest BCUT2D eigenvalue weighted by molar-refractivity contribution is 7.12. The van der Waals surface area contributed by atoms with Gasteiger partial charge in [0.2, 0.25) is 0 Å². The number of anilines is 1. The van der Waals surface area contributed by atoms with Gasteiger partial charge in [-0.2, -0.15) is 0 Å². The van der Waals surface area contributed by atoms with Crippen molar-refractivity contribution in [3.8, 4) is 11.1 Å². The Hall–Kier alpha value is -1.28. The summed E-state index contributed by atoms with van der Waals surface area (Å²) in [5.41, 5.74) is 10.6. The Morgan fingerprint density at radius 2 is 1.73 bits per heavy atom. The molecule has 0 aliphatic rings. The van der Waals surface area contributed by atoms with Crippen LogP contribution in [0.3, 0.4) is 0 Å². The van der Waals surface area contributed by atoms with Crippen molar-refractivity contribution in [2.45, 2.75) is 20.8 Å². The number of hydrogen-bond acceptors (Lipinski definition) is 2. The van der Waals surface area contributed by atoms with Crippen LogP contribution in [0, 0.1) is 20.8 Å². The van der Waals surface area contributed by atoms with E-state index in [1.54, 1.807) is 0 Å². The molecular weight excluding hydrogens is 202 g/mol.